The van der Waals surface area contributed by atoms with Crippen LogP contribution in [0.4, 0.5) is 17.6 Å². The number of hydrogen-bond donors (Lipinski definition) is 0. The predicted molar refractivity (Wildman–Crippen MR) is 142 cm³/mol. The first-order valence-corrected chi connectivity index (χ1v) is 13.0. The highest BCUT2D eigenvalue weighted by molar-refractivity contribution is 5.35. The van der Waals surface area contributed by atoms with E-state index in [1.807, 2.05) is 79.4 Å². The lowest BCUT2D eigenvalue weighted by molar-refractivity contribution is -0.137. The molecule has 0 radical (unpaired) electrons. The number of alkyl halides is 3. The van der Waals surface area contributed by atoms with Gasteiger partial charge in [-0.25, -0.2) is 9.37 Å². The van der Waals surface area contributed by atoms with Crippen LogP contribution in [0, 0.1) is 12.7 Å². The molecule has 3 aromatic carbocycles. The van der Waals surface area contributed by atoms with Gasteiger partial charge in [0.15, 0.2) is 0 Å². The third-order valence-electron chi connectivity index (χ3n) is 7.47. The molecule has 1 aliphatic rings. The lowest BCUT2D eigenvalue weighted by Gasteiger charge is -2.36. The van der Waals surface area contributed by atoms with Gasteiger partial charge in [0.05, 0.1) is 22.9 Å². The van der Waals surface area contributed by atoms with Crippen LogP contribution >= 0.6 is 0 Å². The van der Waals surface area contributed by atoms with Crippen LogP contribution in [0.5, 0.6) is 0 Å². The molecule has 39 heavy (non-hydrogen) atoms. The Kier molecular flexibility index (Phi) is 7.40. The molecule has 0 spiro atoms. The molecule has 0 bridgehead atoms. The summed E-state index contributed by atoms with van der Waals surface area (Å²) in [6, 6.07) is 21.3. The van der Waals surface area contributed by atoms with E-state index in [-0.39, 0.29) is 23.7 Å². The van der Waals surface area contributed by atoms with Crippen LogP contribution in [0.2, 0.25) is 0 Å². The molecule has 0 saturated heterocycles. The summed E-state index contributed by atoms with van der Waals surface area (Å²) in [5, 5.41) is 0. The van der Waals surface area contributed by atoms with Crippen LogP contribution in [0.25, 0.3) is 0 Å². The fourth-order valence-electron chi connectivity index (χ4n) is 5.61. The standard InChI is InChI=1S/C31H29F4N3O/c1-3-28(24-15-14-23(18-26(24)32)31(33,34)35)37-17-16-27-25(19-37)30(39)38(20(2)36-27)29(21-10-6-4-7-11-21)22-12-8-5-9-13-22/h4-15,18,28-29H,3,16-17,19H2,1-2H3. The molecule has 4 nitrogen and oxygen atoms in total. The van der Waals surface area contributed by atoms with Gasteiger partial charge >= 0.3 is 6.18 Å². The smallest absolute Gasteiger partial charge is 0.291 e. The molecular weight excluding hydrogens is 506 g/mol. The first-order valence-electron chi connectivity index (χ1n) is 13.0. The van der Waals surface area contributed by atoms with Crippen molar-refractivity contribution in [3.63, 3.8) is 0 Å². The summed E-state index contributed by atoms with van der Waals surface area (Å²) >= 11 is 0. The van der Waals surface area contributed by atoms with Crippen molar-refractivity contribution in [3.8, 4) is 0 Å². The zero-order valence-corrected chi connectivity index (χ0v) is 21.8. The first kappa shape index (κ1) is 26.8. The van der Waals surface area contributed by atoms with Crippen LogP contribution in [-0.2, 0) is 19.1 Å². The molecule has 0 fully saturated rings. The molecule has 202 valence electrons. The molecule has 1 aliphatic heterocycles. The number of aryl methyl sites for hydroxylation is 1. The predicted octanol–water partition coefficient (Wildman–Crippen LogP) is 6.86. The van der Waals surface area contributed by atoms with Crippen molar-refractivity contribution in [1.29, 1.82) is 0 Å². The molecule has 0 aliphatic carbocycles. The van der Waals surface area contributed by atoms with Crippen molar-refractivity contribution in [2.24, 2.45) is 0 Å². The molecule has 8 heteroatoms. The molecule has 5 rings (SSSR count). The van der Waals surface area contributed by atoms with Crippen molar-refractivity contribution < 1.29 is 17.6 Å². The maximum absolute atomic E-state index is 14.9. The van der Waals surface area contributed by atoms with Gasteiger partial charge in [-0.3, -0.25) is 14.3 Å². The largest absolute Gasteiger partial charge is 0.416 e. The van der Waals surface area contributed by atoms with Crippen LogP contribution in [0.1, 0.15) is 64.8 Å². The zero-order chi connectivity index (χ0) is 27.7. The second-order valence-electron chi connectivity index (χ2n) is 9.86. The van der Waals surface area contributed by atoms with Crippen LogP contribution in [-0.4, -0.2) is 21.0 Å². The van der Waals surface area contributed by atoms with Crippen LogP contribution in [0.15, 0.2) is 83.7 Å². The fraction of sp³-hybridized carbons (Fsp3) is 0.290. The van der Waals surface area contributed by atoms with Gasteiger partial charge < -0.3 is 0 Å². The maximum atomic E-state index is 14.9. The Balaban J connectivity index is 1.55. The second-order valence-corrected chi connectivity index (χ2v) is 9.86. The van der Waals surface area contributed by atoms with Gasteiger partial charge in [0.2, 0.25) is 0 Å². The van der Waals surface area contributed by atoms with E-state index in [9.17, 15) is 22.4 Å². The summed E-state index contributed by atoms with van der Waals surface area (Å²) < 4.78 is 56.0. The van der Waals surface area contributed by atoms with E-state index in [4.69, 9.17) is 4.98 Å². The van der Waals surface area contributed by atoms with Crippen molar-refractivity contribution >= 4 is 0 Å². The van der Waals surface area contributed by atoms with E-state index < -0.39 is 23.6 Å². The molecule has 1 aromatic heterocycles. The fourth-order valence-corrected chi connectivity index (χ4v) is 5.61. The van der Waals surface area contributed by atoms with Gasteiger partial charge in [0.1, 0.15) is 11.6 Å². The summed E-state index contributed by atoms with van der Waals surface area (Å²) in [6.45, 7) is 4.45. The Morgan fingerprint density at radius 3 is 2.10 bits per heavy atom. The third-order valence-corrected chi connectivity index (χ3v) is 7.47. The minimum atomic E-state index is -4.62. The Bertz CT molecular complexity index is 1480. The van der Waals surface area contributed by atoms with Crippen molar-refractivity contribution in [3.05, 3.63) is 134 Å². The number of rotatable bonds is 6. The van der Waals surface area contributed by atoms with Crippen LogP contribution in [0.3, 0.4) is 0 Å². The Labute approximate surface area is 224 Å². The minimum absolute atomic E-state index is 0.164. The quantitative estimate of drug-likeness (QED) is 0.253. The van der Waals surface area contributed by atoms with Crippen LogP contribution < -0.4 is 5.56 Å². The number of hydrogen-bond acceptors (Lipinski definition) is 3. The molecule has 2 heterocycles. The number of aromatic nitrogens is 2. The average molecular weight is 536 g/mol. The molecule has 4 aromatic rings. The molecule has 0 N–H and O–H groups in total. The molecule has 0 amide bonds. The molecule has 1 atom stereocenters. The Hall–Kier alpha value is -3.78. The van der Waals surface area contributed by atoms with Gasteiger partial charge in [-0.1, -0.05) is 73.7 Å². The molecule has 0 saturated carbocycles. The lowest BCUT2D eigenvalue weighted by atomic mass is 9.95. The number of fused-ring (bicyclic) bond motifs is 1. The highest BCUT2D eigenvalue weighted by atomic mass is 19.4. The normalized spacial score (nSPS) is 14.8. The minimum Gasteiger partial charge on any atom is -0.291 e. The SMILES string of the molecule is CCC(c1ccc(C(F)(F)F)cc1F)N1CCc2nc(C)n(C(c3ccccc3)c3ccccc3)c(=O)c2C1. The van der Waals surface area contributed by atoms with Crippen molar-refractivity contribution in [2.75, 3.05) is 6.54 Å². The Morgan fingerprint density at radius 1 is 0.949 bits per heavy atom. The maximum Gasteiger partial charge on any atom is 0.416 e. The Morgan fingerprint density at radius 2 is 1.56 bits per heavy atom. The van der Waals surface area contributed by atoms with Gasteiger partial charge in [-0.15, -0.1) is 0 Å². The van der Waals surface area contributed by atoms with E-state index in [2.05, 4.69) is 0 Å². The average Bonchev–Trinajstić information content (AvgIpc) is 2.93. The van der Waals surface area contributed by atoms with E-state index in [1.165, 1.54) is 6.07 Å². The first-order chi connectivity index (χ1) is 18.7. The number of benzene rings is 3. The van der Waals surface area contributed by atoms with E-state index >= 15 is 0 Å². The highest BCUT2D eigenvalue weighted by Gasteiger charge is 2.34. The van der Waals surface area contributed by atoms with Crippen molar-refractivity contribution in [2.45, 2.75) is 51.5 Å². The molecule has 1 unspecified atom stereocenters. The van der Waals surface area contributed by atoms with E-state index in [0.29, 0.717) is 42.5 Å². The lowest BCUT2D eigenvalue weighted by Crippen LogP contribution is -2.41. The highest BCUT2D eigenvalue weighted by Crippen LogP contribution is 2.35. The zero-order valence-electron chi connectivity index (χ0n) is 21.8. The summed E-state index contributed by atoms with van der Waals surface area (Å²) in [5.74, 6) is -0.291. The summed E-state index contributed by atoms with van der Waals surface area (Å²) in [4.78, 5) is 20.9. The van der Waals surface area contributed by atoms with Gasteiger partial charge in [0, 0.05) is 31.1 Å². The third kappa shape index (κ3) is 5.26. The van der Waals surface area contributed by atoms with Gasteiger partial charge in [-0.05, 0) is 36.6 Å². The summed E-state index contributed by atoms with van der Waals surface area (Å²) in [5.41, 5.74) is 2.16. The number of nitrogens with zero attached hydrogens (tertiary/aromatic N) is 3. The monoisotopic (exact) mass is 535 g/mol. The molecular formula is C31H29F4N3O. The summed E-state index contributed by atoms with van der Waals surface area (Å²) in [7, 11) is 0. The second kappa shape index (κ2) is 10.8. The van der Waals surface area contributed by atoms with Crippen molar-refractivity contribution in [1.82, 2.24) is 14.5 Å². The van der Waals surface area contributed by atoms with E-state index in [1.54, 1.807) is 4.57 Å². The summed E-state index contributed by atoms with van der Waals surface area (Å²) in [6.07, 6.45) is -3.65. The van der Waals surface area contributed by atoms with Gasteiger partial charge in [-0.2, -0.15) is 13.2 Å². The van der Waals surface area contributed by atoms with Gasteiger partial charge in [0.25, 0.3) is 5.56 Å². The number of halogens is 4. The topological polar surface area (TPSA) is 38.1 Å². The van der Waals surface area contributed by atoms with E-state index in [0.717, 1.165) is 17.2 Å².